The molecule has 1 rings (SSSR count). The average molecular weight is 883 g/mol. The van der Waals surface area contributed by atoms with Crippen LogP contribution in [0.15, 0.2) is 72.9 Å². The van der Waals surface area contributed by atoms with Crippen molar-refractivity contribution in [2.24, 2.45) is 0 Å². The van der Waals surface area contributed by atoms with E-state index in [9.17, 15) is 44.6 Å². The van der Waals surface area contributed by atoms with Crippen LogP contribution in [-0.4, -0.2) is 98.3 Å². The summed E-state index contributed by atoms with van der Waals surface area (Å²) in [5.74, 6) is -1.16. The van der Waals surface area contributed by atoms with E-state index in [0.717, 1.165) is 96.3 Å². The first-order valence-electron chi connectivity index (χ1n) is 22.7. The predicted octanol–water partition coefficient (Wildman–Crippen LogP) is 8.72. The van der Waals surface area contributed by atoms with Crippen molar-refractivity contribution < 1.29 is 63.1 Å². The van der Waals surface area contributed by atoms with Gasteiger partial charge in [-0.15, -0.1) is 0 Å². The van der Waals surface area contributed by atoms with Crippen LogP contribution in [0, 0.1) is 0 Å². The molecular weight excluding hydrogens is 803 g/mol. The molecular formula is C47H79O13P. The van der Waals surface area contributed by atoms with Crippen LogP contribution in [0.5, 0.6) is 0 Å². The monoisotopic (exact) mass is 883 g/mol. The first-order chi connectivity index (χ1) is 29.4. The van der Waals surface area contributed by atoms with Crippen molar-refractivity contribution >= 4 is 19.8 Å². The van der Waals surface area contributed by atoms with Crippen LogP contribution < -0.4 is 0 Å². The normalized spacial score (nSPS) is 22.7. The quantitative estimate of drug-likeness (QED) is 0.0151. The summed E-state index contributed by atoms with van der Waals surface area (Å²) in [6.45, 7) is 3.10. The van der Waals surface area contributed by atoms with Gasteiger partial charge in [-0.05, 0) is 83.5 Å². The van der Waals surface area contributed by atoms with Crippen molar-refractivity contribution in [2.45, 2.75) is 198 Å². The Morgan fingerprint density at radius 2 is 0.934 bits per heavy atom. The van der Waals surface area contributed by atoms with Gasteiger partial charge in [0, 0.05) is 12.8 Å². The number of carbonyl (C=O) groups is 2. The second-order valence-electron chi connectivity index (χ2n) is 15.5. The maximum absolute atomic E-state index is 12.8. The predicted molar refractivity (Wildman–Crippen MR) is 239 cm³/mol. The number of hydrogen-bond donors (Lipinski definition) is 6. The van der Waals surface area contributed by atoms with Gasteiger partial charge in [-0.1, -0.05) is 132 Å². The minimum Gasteiger partial charge on any atom is -0.462 e. The van der Waals surface area contributed by atoms with Gasteiger partial charge in [0.05, 0.1) is 6.61 Å². The number of aliphatic hydroxyl groups excluding tert-OH is 5. The van der Waals surface area contributed by atoms with E-state index in [4.69, 9.17) is 18.5 Å². The summed E-state index contributed by atoms with van der Waals surface area (Å²) in [5, 5.41) is 50.1. The van der Waals surface area contributed by atoms with E-state index < -0.39 is 75.7 Å². The van der Waals surface area contributed by atoms with Crippen LogP contribution >= 0.6 is 7.82 Å². The van der Waals surface area contributed by atoms with Gasteiger partial charge in [0.15, 0.2) is 6.10 Å². The molecule has 1 aliphatic carbocycles. The standard InChI is InChI=1S/C47H79O13P/c1-3-5-7-9-11-13-15-17-18-19-20-21-22-24-26-28-30-32-34-36-41(49)59-39(38-58-61(55,56)60-47-45(53)43(51)42(50)44(52)46(47)54)37-57-40(48)35-33-31-29-27-25-23-16-14-12-10-8-6-4-2/h6,8,11-14,17-18,20-21,23,25,39,42-47,50-54H,3-5,7,9-10,15-16,19,22,24,26-38H2,1-2H3,(H,55,56)/b8-6-,13-11-,14-12-,18-17-,21-20-,25-23-. The molecule has 6 unspecified atom stereocenters. The Labute approximate surface area is 365 Å². The Balaban J connectivity index is 2.49. The molecule has 0 heterocycles. The summed E-state index contributed by atoms with van der Waals surface area (Å²) in [7, 11) is -5.13. The second-order valence-corrected chi connectivity index (χ2v) is 16.9. The first-order valence-corrected chi connectivity index (χ1v) is 24.2. The molecule has 0 aromatic rings. The molecule has 0 aromatic carbocycles. The number of hydrogen-bond acceptors (Lipinski definition) is 12. The van der Waals surface area contributed by atoms with Crippen LogP contribution in [0.1, 0.15) is 155 Å². The highest BCUT2D eigenvalue weighted by molar-refractivity contribution is 7.47. The maximum Gasteiger partial charge on any atom is 0.472 e. The van der Waals surface area contributed by atoms with Gasteiger partial charge >= 0.3 is 19.8 Å². The number of allylic oxidation sites excluding steroid dienone is 12. The molecule has 61 heavy (non-hydrogen) atoms. The van der Waals surface area contributed by atoms with Gasteiger partial charge < -0.3 is 39.9 Å². The Kier molecular flexibility index (Phi) is 33.9. The lowest BCUT2D eigenvalue weighted by Gasteiger charge is -2.41. The number of ether oxygens (including phenoxy) is 2. The van der Waals surface area contributed by atoms with Gasteiger partial charge in [0.1, 0.15) is 43.2 Å². The molecule has 350 valence electrons. The number of phosphoric ester groups is 1. The third kappa shape index (κ3) is 29.3. The number of rotatable bonds is 36. The summed E-state index contributed by atoms with van der Waals surface area (Å²) >= 11 is 0. The number of phosphoric acid groups is 1. The third-order valence-electron chi connectivity index (χ3n) is 10.0. The fraction of sp³-hybridized carbons (Fsp3) is 0.702. The molecule has 1 saturated carbocycles. The average Bonchev–Trinajstić information content (AvgIpc) is 3.24. The molecule has 1 fully saturated rings. The van der Waals surface area contributed by atoms with Crippen LogP contribution in [0.25, 0.3) is 0 Å². The van der Waals surface area contributed by atoms with E-state index in [2.05, 4.69) is 86.8 Å². The lowest BCUT2D eigenvalue weighted by Crippen LogP contribution is -2.64. The molecule has 0 bridgehead atoms. The first kappa shape index (κ1) is 56.3. The summed E-state index contributed by atoms with van der Waals surface area (Å²) in [5.41, 5.74) is 0. The molecule has 0 aliphatic heterocycles. The second kappa shape index (κ2) is 36.7. The summed E-state index contributed by atoms with van der Waals surface area (Å²) < 4.78 is 33.5. The van der Waals surface area contributed by atoms with Crippen LogP contribution in [0.3, 0.4) is 0 Å². The van der Waals surface area contributed by atoms with Crippen LogP contribution in [0.4, 0.5) is 0 Å². The van der Waals surface area contributed by atoms with E-state index in [1.165, 1.54) is 19.3 Å². The van der Waals surface area contributed by atoms with E-state index >= 15 is 0 Å². The molecule has 6 N–H and O–H groups in total. The fourth-order valence-electron chi connectivity index (χ4n) is 6.37. The molecule has 0 amide bonds. The van der Waals surface area contributed by atoms with Gasteiger partial charge in [-0.2, -0.15) is 0 Å². The SMILES string of the molecule is CC/C=C\C/C=C\C/C=C\CCCCCC(=O)OCC(COP(=O)(O)OC1C(O)C(O)C(O)C(O)C1O)OC(=O)CCCCCCCC/C=C\C/C=C\C/C=C\CCCCC. The van der Waals surface area contributed by atoms with E-state index in [0.29, 0.717) is 12.8 Å². The molecule has 13 nitrogen and oxygen atoms in total. The topological polar surface area (TPSA) is 210 Å². The van der Waals surface area contributed by atoms with Crippen LogP contribution in [0.2, 0.25) is 0 Å². The zero-order valence-electron chi connectivity index (χ0n) is 36.9. The number of aliphatic hydroxyl groups is 5. The van der Waals surface area contributed by atoms with Crippen molar-refractivity contribution in [2.75, 3.05) is 13.2 Å². The molecule has 0 radical (unpaired) electrons. The van der Waals surface area contributed by atoms with E-state index in [1.807, 2.05) is 0 Å². The molecule has 0 saturated heterocycles. The van der Waals surface area contributed by atoms with Crippen LogP contribution in [-0.2, 0) is 32.7 Å². The Morgan fingerprint density at radius 3 is 1.44 bits per heavy atom. The zero-order chi connectivity index (χ0) is 45.0. The summed E-state index contributed by atoms with van der Waals surface area (Å²) in [4.78, 5) is 35.7. The van der Waals surface area contributed by atoms with Crippen molar-refractivity contribution in [3.8, 4) is 0 Å². The van der Waals surface area contributed by atoms with Crippen molar-refractivity contribution in [3.63, 3.8) is 0 Å². The largest absolute Gasteiger partial charge is 0.472 e. The van der Waals surface area contributed by atoms with Crippen molar-refractivity contribution in [1.29, 1.82) is 0 Å². The van der Waals surface area contributed by atoms with Gasteiger partial charge in [-0.25, -0.2) is 4.57 Å². The maximum atomic E-state index is 12.8. The number of carbonyl (C=O) groups excluding carboxylic acids is 2. The molecule has 0 spiro atoms. The number of esters is 2. The third-order valence-corrected chi connectivity index (χ3v) is 11.0. The van der Waals surface area contributed by atoms with Gasteiger partial charge in [-0.3, -0.25) is 18.6 Å². The lowest BCUT2D eigenvalue weighted by atomic mass is 9.85. The summed E-state index contributed by atoms with van der Waals surface area (Å²) in [6.07, 6.45) is 32.4. The Hall–Kier alpha value is -2.71. The lowest BCUT2D eigenvalue weighted by molar-refractivity contribution is -0.220. The Bertz CT molecular complexity index is 1340. The van der Waals surface area contributed by atoms with Gasteiger partial charge in [0.25, 0.3) is 0 Å². The van der Waals surface area contributed by atoms with E-state index in [1.54, 1.807) is 0 Å². The molecule has 1 aliphatic rings. The number of unbranched alkanes of at least 4 members (excludes halogenated alkanes) is 12. The highest BCUT2D eigenvalue weighted by Gasteiger charge is 2.51. The van der Waals surface area contributed by atoms with Crippen molar-refractivity contribution in [1.82, 2.24) is 0 Å². The molecule has 0 aromatic heterocycles. The van der Waals surface area contributed by atoms with Crippen molar-refractivity contribution in [3.05, 3.63) is 72.9 Å². The molecule has 14 heteroatoms. The Morgan fingerprint density at radius 1 is 0.525 bits per heavy atom. The highest BCUT2D eigenvalue weighted by atomic mass is 31.2. The zero-order valence-corrected chi connectivity index (χ0v) is 37.8. The van der Waals surface area contributed by atoms with E-state index in [-0.39, 0.29) is 12.8 Å². The smallest absolute Gasteiger partial charge is 0.462 e. The summed E-state index contributed by atoms with van der Waals surface area (Å²) in [6, 6.07) is 0. The molecule has 6 atom stereocenters. The van der Waals surface area contributed by atoms with Gasteiger partial charge in [0.2, 0.25) is 0 Å². The minimum atomic E-state index is -5.13. The minimum absolute atomic E-state index is 0.0717. The fourth-order valence-corrected chi connectivity index (χ4v) is 7.34. The highest BCUT2D eigenvalue weighted by Crippen LogP contribution is 2.47.